The number of para-hydroxylation sites is 2. The van der Waals surface area contributed by atoms with Gasteiger partial charge in [0.2, 0.25) is 0 Å². The molecule has 1 aromatic carbocycles. The molecule has 1 aliphatic rings. The van der Waals surface area contributed by atoms with Crippen LogP contribution in [0.4, 0.5) is 10.5 Å². The van der Waals surface area contributed by atoms with Crippen molar-refractivity contribution in [3.05, 3.63) is 54.4 Å². The first-order valence-corrected chi connectivity index (χ1v) is 8.56. The molecular weight excluding hydrogens is 316 g/mol. The van der Waals surface area contributed by atoms with E-state index in [0.29, 0.717) is 13.1 Å². The minimum atomic E-state index is -0.116. The van der Waals surface area contributed by atoms with E-state index in [0.717, 1.165) is 30.1 Å². The maximum Gasteiger partial charge on any atom is 0.317 e. The SMILES string of the molecule is CCN1C[C@@H](CN(C)C(=O)NCc2cccnc2)Oc2ccccc21. The number of ether oxygens (including phenoxy) is 1. The van der Waals surface area contributed by atoms with Gasteiger partial charge in [0.15, 0.2) is 0 Å². The maximum atomic E-state index is 12.3. The summed E-state index contributed by atoms with van der Waals surface area (Å²) in [6.45, 7) is 4.81. The Bertz CT molecular complexity index is 708. The Balaban J connectivity index is 1.56. The molecule has 1 N–H and O–H groups in total. The number of carbonyl (C=O) groups excluding carboxylic acids is 1. The van der Waals surface area contributed by atoms with Crippen LogP contribution in [0, 0.1) is 0 Å². The van der Waals surface area contributed by atoms with E-state index < -0.39 is 0 Å². The van der Waals surface area contributed by atoms with Gasteiger partial charge in [-0.2, -0.15) is 0 Å². The lowest BCUT2D eigenvalue weighted by atomic mass is 10.2. The first kappa shape index (κ1) is 17.1. The van der Waals surface area contributed by atoms with Crippen LogP contribution >= 0.6 is 0 Å². The van der Waals surface area contributed by atoms with Crippen LogP contribution in [0.2, 0.25) is 0 Å². The summed E-state index contributed by atoms with van der Waals surface area (Å²) in [5, 5.41) is 2.91. The molecule has 2 heterocycles. The van der Waals surface area contributed by atoms with Gasteiger partial charge in [0.1, 0.15) is 11.9 Å². The molecule has 0 bridgehead atoms. The summed E-state index contributed by atoms with van der Waals surface area (Å²) in [6, 6.07) is 11.7. The first-order chi connectivity index (χ1) is 12.2. The zero-order chi connectivity index (χ0) is 17.6. The van der Waals surface area contributed by atoms with Crippen molar-refractivity contribution < 1.29 is 9.53 Å². The predicted molar refractivity (Wildman–Crippen MR) is 97.8 cm³/mol. The number of nitrogens with zero attached hydrogens (tertiary/aromatic N) is 3. The lowest BCUT2D eigenvalue weighted by molar-refractivity contribution is 0.145. The van der Waals surface area contributed by atoms with Gasteiger partial charge >= 0.3 is 6.03 Å². The third-order valence-corrected chi connectivity index (χ3v) is 4.30. The molecule has 0 aliphatic carbocycles. The van der Waals surface area contributed by atoms with Crippen molar-refractivity contribution in [2.45, 2.75) is 19.6 Å². The smallest absolute Gasteiger partial charge is 0.317 e. The predicted octanol–water partition coefficient (Wildman–Crippen LogP) is 2.51. The van der Waals surface area contributed by atoms with Gasteiger partial charge in [-0.1, -0.05) is 18.2 Å². The number of benzene rings is 1. The number of aromatic nitrogens is 1. The number of rotatable bonds is 5. The monoisotopic (exact) mass is 340 g/mol. The highest BCUT2D eigenvalue weighted by Crippen LogP contribution is 2.32. The summed E-state index contributed by atoms with van der Waals surface area (Å²) in [6.07, 6.45) is 3.42. The van der Waals surface area contributed by atoms with Crippen LogP contribution in [0.5, 0.6) is 5.75 Å². The van der Waals surface area contributed by atoms with E-state index in [1.54, 1.807) is 24.3 Å². The minimum Gasteiger partial charge on any atom is -0.485 e. The molecule has 6 heteroatoms. The number of amides is 2. The van der Waals surface area contributed by atoms with E-state index in [4.69, 9.17) is 4.74 Å². The number of hydrogen-bond donors (Lipinski definition) is 1. The number of urea groups is 1. The fourth-order valence-corrected chi connectivity index (χ4v) is 2.98. The standard InChI is InChI=1S/C19H24N4O2/c1-3-23-14-16(25-18-9-5-4-8-17(18)23)13-22(2)19(24)21-12-15-7-6-10-20-11-15/h4-11,16H,3,12-14H2,1-2H3,(H,21,24)/t16-/m1/s1. The number of hydrogen-bond acceptors (Lipinski definition) is 4. The topological polar surface area (TPSA) is 57.7 Å². The molecule has 132 valence electrons. The number of pyridine rings is 1. The largest absolute Gasteiger partial charge is 0.485 e. The second kappa shape index (κ2) is 7.88. The highest BCUT2D eigenvalue weighted by molar-refractivity contribution is 5.74. The zero-order valence-corrected chi connectivity index (χ0v) is 14.7. The fourth-order valence-electron chi connectivity index (χ4n) is 2.98. The van der Waals surface area contributed by atoms with Crippen molar-refractivity contribution in [3.8, 4) is 5.75 Å². The van der Waals surface area contributed by atoms with Gasteiger partial charge < -0.3 is 19.9 Å². The molecule has 0 radical (unpaired) electrons. The van der Waals surface area contributed by atoms with Gasteiger partial charge in [0, 0.05) is 32.5 Å². The van der Waals surface area contributed by atoms with Crippen molar-refractivity contribution in [1.82, 2.24) is 15.2 Å². The van der Waals surface area contributed by atoms with E-state index in [2.05, 4.69) is 28.2 Å². The summed E-state index contributed by atoms with van der Waals surface area (Å²) in [5.41, 5.74) is 2.09. The number of carbonyl (C=O) groups is 1. The molecule has 1 aromatic heterocycles. The molecule has 1 atom stereocenters. The second-order valence-corrected chi connectivity index (χ2v) is 6.15. The normalized spacial score (nSPS) is 15.9. The molecule has 2 aromatic rings. The highest BCUT2D eigenvalue weighted by Gasteiger charge is 2.26. The van der Waals surface area contributed by atoms with Crippen molar-refractivity contribution in [2.24, 2.45) is 0 Å². The molecule has 0 spiro atoms. The van der Waals surface area contributed by atoms with Crippen LogP contribution in [0.3, 0.4) is 0 Å². The molecule has 0 fully saturated rings. The zero-order valence-electron chi connectivity index (χ0n) is 14.7. The minimum absolute atomic E-state index is 0.0519. The van der Waals surface area contributed by atoms with Crippen molar-refractivity contribution in [1.29, 1.82) is 0 Å². The Labute approximate surface area is 148 Å². The third-order valence-electron chi connectivity index (χ3n) is 4.30. The maximum absolute atomic E-state index is 12.3. The van der Waals surface area contributed by atoms with Crippen LogP contribution in [-0.2, 0) is 6.54 Å². The van der Waals surface area contributed by atoms with Crippen molar-refractivity contribution >= 4 is 11.7 Å². The van der Waals surface area contributed by atoms with Gasteiger partial charge in [-0.3, -0.25) is 4.98 Å². The molecule has 25 heavy (non-hydrogen) atoms. The second-order valence-electron chi connectivity index (χ2n) is 6.15. The summed E-state index contributed by atoms with van der Waals surface area (Å²) in [7, 11) is 1.79. The van der Waals surface area contributed by atoms with Crippen molar-refractivity contribution in [2.75, 3.05) is 31.6 Å². The Morgan fingerprint density at radius 2 is 2.20 bits per heavy atom. The van der Waals surface area contributed by atoms with E-state index in [-0.39, 0.29) is 12.1 Å². The van der Waals surface area contributed by atoms with Crippen LogP contribution in [0.25, 0.3) is 0 Å². The molecule has 0 saturated carbocycles. The van der Waals surface area contributed by atoms with Gasteiger partial charge in [-0.05, 0) is 30.7 Å². The molecular formula is C19H24N4O2. The molecule has 0 unspecified atom stereocenters. The molecule has 0 saturated heterocycles. The van der Waals surface area contributed by atoms with E-state index >= 15 is 0 Å². The Kier molecular flexibility index (Phi) is 5.38. The summed E-state index contributed by atoms with van der Waals surface area (Å²) in [4.78, 5) is 20.3. The molecule has 1 aliphatic heterocycles. The van der Waals surface area contributed by atoms with Crippen LogP contribution in [0.1, 0.15) is 12.5 Å². The quantitative estimate of drug-likeness (QED) is 0.909. The van der Waals surface area contributed by atoms with Gasteiger partial charge in [0.25, 0.3) is 0 Å². The number of nitrogens with one attached hydrogen (secondary N) is 1. The third kappa shape index (κ3) is 4.21. The van der Waals surface area contributed by atoms with Gasteiger partial charge in [-0.15, -0.1) is 0 Å². The van der Waals surface area contributed by atoms with Gasteiger partial charge in [-0.25, -0.2) is 4.79 Å². The average Bonchev–Trinajstić information content (AvgIpc) is 2.66. The van der Waals surface area contributed by atoms with E-state index in [1.165, 1.54) is 0 Å². The molecule has 6 nitrogen and oxygen atoms in total. The average molecular weight is 340 g/mol. The molecule has 2 amide bonds. The number of fused-ring (bicyclic) bond motifs is 1. The van der Waals surface area contributed by atoms with Gasteiger partial charge in [0.05, 0.1) is 18.8 Å². The Hall–Kier alpha value is -2.76. The van der Waals surface area contributed by atoms with Crippen LogP contribution in [-0.4, -0.2) is 48.7 Å². The van der Waals surface area contributed by atoms with Crippen LogP contribution in [0.15, 0.2) is 48.8 Å². The van der Waals surface area contributed by atoms with E-state index in [9.17, 15) is 4.79 Å². The molecule has 3 rings (SSSR count). The summed E-state index contributed by atoms with van der Waals surface area (Å²) < 4.78 is 6.07. The fraction of sp³-hybridized carbons (Fsp3) is 0.368. The van der Waals surface area contributed by atoms with Crippen molar-refractivity contribution in [3.63, 3.8) is 0 Å². The summed E-state index contributed by atoms with van der Waals surface area (Å²) in [5.74, 6) is 0.879. The first-order valence-electron chi connectivity index (χ1n) is 8.56. The number of anilines is 1. The lowest BCUT2D eigenvalue weighted by Gasteiger charge is -2.37. The Morgan fingerprint density at radius 1 is 1.36 bits per heavy atom. The summed E-state index contributed by atoms with van der Waals surface area (Å²) >= 11 is 0. The van der Waals surface area contributed by atoms with Crippen LogP contribution < -0.4 is 15.0 Å². The highest BCUT2D eigenvalue weighted by atomic mass is 16.5. The van der Waals surface area contributed by atoms with E-state index in [1.807, 2.05) is 30.3 Å². The number of likely N-dealkylation sites (N-methyl/N-ethyl adjacent to an activating group) is 2. The Morgan fingerprint density at radius 3 is 2.96 bits per heavy atom. The lowest BCUT2D eigenvalue weighted by Crippen LogP contribution is -2.48.